The van der Waals surface area contributed by atoms with Crippen LogP contribution in [0.3, 0.4) is 0 Å². The quantitative estimate of drug-likeness (QED) is 0.619. The molecule has 0 radical (unpaired) electrons. The minimum Gasteiger partial charge on any atom is -0.393 e. The molecule has 0 saturated heterocycles. The van der Waals surface area contributed by atoms with Gasteiger partial charge in [-0.15, -0.1) is 0 Å². The topological polar surface area (TPSA) is 66.8 Å². The van der Waals surface area contributed by atoms with Crippen LogP contribution in [0.5, 0.6) is 0 Å². The summed E-state index contributed by atoms with van der Waals surface area (Å²) in [6, 6.07) is 0. The van der Waals surface area contributed by atoms with E-state index in [0.717, 1.165) is 25.7 Å². The molecule has 0 aliphatic carbocycles. The Kier molecular flexibility index (Phi) is 8.29. The first-order valence-electron chi connectivity index (χ1n) is 6.09. The smallest absolute Gasteiger partial charge is 0.317 e. The van der Waals surface area contributed by atoms with Gasteiger partial charge < -0.3 is 14.5 Å². The van der Waals surface area contributed by atoms with E-state index in [-0.39, 0.29) is 12.5 Å². The van der Waals surface area contributed by atoms with Crippen molar-refractivity contribution in [2.75, 3.05) is 6.61 Å². The average Bonchev–Trinajstić information content (AvgIpc) is 2.27. The minimum atomic E-state index is -3.00. The van der Waals surface area contributed by atoms with Crippen molar-refractivity contribution in [1.29, 1.82) is 0 Å². The van der Waals surface area contributed by atoms with Crippen LogP contribution >= 0.6 is 8.25 Å². The first-order valence-corrected chi connectivity index (χ1v) is 7.35. The van der Waals surface area contributed by atoms with Crippen LogP contribution in [-0.2, 0) is 9.09 Å². The molecule has 0 aromatic heterocycles. The Bertz CT molecular complexity index is 204. The normalized spacial score (nSPS) is 19.1. The van der Waals surface area contributed by atoms with E-state index < -0.39 is 13.9 Å². The summed E-state index contributed by atoms with van der Waals surface area (Å²) in [5.74, 6) is 0.142. The first kappa shape index (κ1) is 16.1. The predicted molar refractivity (Wildman–Crippen MR) is 65.7 cm³/mol. The Balaban J connectivity index is 4.73. The number of unbranched alkanes of at least 4 members (excludes halogenated alkanes) is 1. The Morgan fingerprint density at radius 2 is 2.00 bits per heavy atom. The lowest BCUT2D eigenvalue weighted by atomic mass is 9.80. The third-order valence-electron chi connectivity index (χ3n) is 3.30. The van der Waals surface area contributed by atoms with E-state index in [1.54, 1.807) is 0 Å². The fraction of sp³-hybridized carbons (Fsp3) is 1.00. The maximum atomic E-state index is 10.9. The summed E-state index contributed by atoms with van der Waals surface area (Å²) < 4.78 is 16.0. The van der Waals surface area contributed by atoms with E-state index in [0.29, 0.717) is 6.42 Å². The highest BCUT2D eigenvalue weighted by Gasteiger charge is 2.37. The van der Waals surface area contributed by atoms with Gasteiger partial charge in [0.05, 0.1) is 6.61 Å². The molecule has 0 aromatic carbocycles. The van der Waals surface area contributed by atoms with Gasteiger partial charge in [-0.05, 0) is 18.8 Å². The molecule has 0 saturated carbocycles. The van der Waals surface area contributed by atoms with Gasteiger partial charge in [-0.25, -0.2) is 0 Å². The van der Waals surface area contributed by atoms with E-state index >= 15 is 0 Å². The Labute approximate surface area is 99.0 Å². The standard InChI is InChI=1S/C11H25O4P/c1-4-7-8-10(5-2)11(6-3,9-12)15-16(13)14/h10,12,16H,4-9H2,1-3H3,(H,13,14). The van der Waals surface area contributed by atoms with Crippen molar-refractivity contribution in [3.63, 3.8) is 0 Å². The minimum absolute atomic E-state index is 0.142. The summed E-state index contributed by atoms with van der Waals surface area (Å²) >= 11 is 0. The van der Waals surface area contributed by atoms with Crippen molar-refractivity contribution in [3.8, 4) is 0 Å². The molecule has 0 amide bonds. The fourth-order valence-corrected chi connectivity index (χ4v) is 2.90. The van der Waals surface area contributed by atoms with Crippen LogP contribution in [-0.4, -0.2) is 22.2 Å². The van der Waals surface area contributed by atoms with Crippen molar-refractivity contribution >= 4 is 8.25 Å². The fourth-order valence-electron chi connectivity index (χ4n) is 2.18. The van der Waals surface area contributed by atoms with Crippen LogP contribution < -0.4 is 0 Å². The molecular formula is C11H25O4P. The molecule has 0 aromatic rings. The van der Waals surface area contributed by atoms with Crippen molar-refractivity contribution in [2.45, 2.75) is 58.5 Å². The van der Waals surface area contributed by atoms with Gasteiger partial charge in [0.1, 0.15) is 5.60 Å². The summed E-state index contributed by atoms with van der Waals surface area (Å²) in [5.41, 5.74) is -0.839. The van der Waals surface area contributed by atoms with Gasteiger partial charge in [-0.1, -0.05) is 40.0 Å². The second kappa shape index (κ2) is 8.24. The van der Waals surface area contributed by atoms with Gasteiger partial charge in [0.15, 0.2) is 0 Å². The van der Waals surface area contributed by atoms with Gasteiger partial charge in [0.25, 0.3) is 0 Å². The maximum Gasteiger partial charge on any atom is 0.317 e. The summed E-state index contributed by atoms with van der Waals surface area (Å²) in [5, 5.41) is 9.47. The van der Waals surface area contributed by atoms with Crippen molar-refractivity contribution in [2.24, 2.45) is 5.92 Å². The molecule has 3 atom stereocenters. The number of rotatable bonds is 9. The molecule has 0 fully saturated rings. The van der Waals surface area contributed by atoms with Gasteiger partial charge in [0.2, 0.25) is 0 Å². The van der Waals surface area contributed by atoms with Gasteiger partial charge in [-0.3, -0.25) is 4.57 Å². The maximum absolute atomic E-state index is 10.9. The Morgan fingerprint density at radius 3 is 2.31 bits per heavy atom. The molecule has 0 aliphatic heterocycles. The lowest BCUT2D eigenvalue weighted by molar-refractivity contribution is -0.0483. The van der Waals surface area contributed by atoms with E-state index in [9.17, 15) is 9.67 Å². The summed E-state index contributed by atoms with van der Waals surface area (Å²) in [4.78, 5) is 8.93. The average molecular weight is 252 g/mol. The van der Waals surface area contributed by atoms with Crippen LogP contribution in [0.1, 0.15) is 52.9 Å². The molecule has 98 valence electrons. The van der Waals surface area contributed by atoms with E-state index in [4.69, 9.17) is 9.42 Å². The van der Waals surface area contributed by atoms with Crippen LogP contribution in [0, 0.1) is 5.92 Å². The van der Waals surface area contributed by atoms with E-state index in [2.05, 4.69) is 6.92 Å². The lowest BCUT2D eigenvalue weighted by Crippen LogP contribution is -2.42. The molecule has 0 spiro atoms. The number of aliphatic hydroxyl groups excluding tert-OH is 1. The Morgan fingerprint density at radius 1 is 1.38 bits per heavy atom. The number of aliphatic hydroxyl groups is 1. The largest absolute Gasteiger partial charge is 0.393 e. The molecule has 0 bridgehead atoms. The zero-order chi connectivity index (χ0) is 12.6. The molecule has 2 N–H and O–H groups in total. The predicted octanol–water partition coefficient (Wildman–Crippen LogP) is 2.74. The van der Waals surface area contributed by atoms with Crippen LogP contribution in [0.15, 0.2) is 0 Å². The summed E-state index contributed by atoms with van der Waals surface area (Å²) in [6.07, 6.45) is 4.47. The first-order chi connectivity index (χ1) is 7.56. The lowest BCUT2D eigenvalue weighted by Gasteiger charge is -2.37. The molecule has 0 aliphatic rings. The zero-order valence-electron chi connectivity index (χ0n) is 10.5. The van der Waals surface area contributed by atoms with Crippen molar-refractivity contribution < 1.29 is 19.1 Å². The van der Waals surface area contributed by atoms with Crippen molar-refractivity contribution in [3.05, 3.63) is 0 Å². The van der Waals surface area contributed by atoms with Crippen LogP contribution in [0.4, 0.5) is 0 Å². The second-order valence-electron chi connectivity index (χ2n) is 4.19. The highest BCUT2D eigenvalue weighted by Crippen LogP contribution is 2.38. The van der Waals surface area contributed by atoms with Gasteiger partial charge in [0, 0.05) is 0 Å². The SMILES string of the molecule is CCCCC(CC)C(CC)(CO)O[PH](=O)O. The summed E-state index contributed by atoms with van der Waals surface area (Å²) in [7, 11) is -3.00. The third kappa shape index (κ3) is 4.54. The second-order valence-corrected chi connectivity index (χ2v) is 4.93. The zero-order valence-corrected chi connectivity index (χ0v) is 11.5. The summed E-state index contributed by atoms with van der Waals surface area (Å²) in [6.45, 7) is 5.83. The van der Waals surface area contributed by atoms with Crippen molar-refractivity contribution in [1.82, 2.24) is 0 Å². The van der Waals surface area contributed by atoms with Gasteiger partial charge >= 0.3 is 8.25 Å². The molecule has 4 nitrogen and oxygen atoms in total. The molecule has 5 heteroatoms. The number of hydrogen-bond acceptors (Lipinski definition) is 3. The van der Waals surface area contributed by atoms with E-state index in [1.807, 2.05) is 13.8 Å². The monoisotopic (exact) mass is 252 g/mol. The molecule has 0 heterocycles. The van der Waals surface area contributed by atoms with Crippen LogP contribution in [0.25, 0.3) is 0 Å². The highest BCUT2D eigenvalue weighted by atomic mass is 31.1. The molecule has 0 rings (SSSR count). The Hall–Kier alpha value is 0.110. The van der Waals surface area contributed by atoms with E-state index in [1.165, 1.54) is 0 Å². The number of hydrogen-bond donors (Lipinski definition) is 2. The molecular weight excluding hydrogens is 227 g/mol. The van der Waals surface area contributed by atoms with Crippen LogP contribution in [0.2, 0.25) is 0 Å². The molecule has 16 heavy (non-hydrogen) atoms. The van der Waals surface area contributed by atoms with Gasteiger partial charge in [-0.2, -0.15) is 0 Å². The molecule has 3 unspecified atom stereocenters. The highest BCUT2D eigenvalue weighted by molar-refractivity contribution is 7.32. The third-order valence-corrected chi connectivity index (χ3v) is 3.88.